The van der Waals surface area contributed by atoms with E-state index in [0.29, 0.717) is 80.5 Å². The minimum absolute atomic E-state index is 0.0490. The molecular weight excluding hydrogens is 688 g/mol. The van der Waals surface area contributed by atoms with Crippen LogP contribution in [0.5, 0.6) is 0 Å². The molecule has 3 saturated carbocycles. The monoisotopic (exact) mass is 744 g/mol. The molecule has 0 aromatic carbocycles. The van der Waals surface area contributed by atoms with Crippen LogP contribution in [0.3, 0.4) is 0 Å². The molecule has 7 aliphatic rings. The zero-order chi connectivity index (χ0) is 38.3. The Morgan fingerprint density at radius 1 is 0.679 bits per heavy atom. The lowest BCUT2D eigenvalue weighted by Gasteiger charge is -2.19. The predicted octanol–water partition coefficient (Wildman–Crippen LogP) is 4.64. The third-order valence-corrected chi connectivity index (χ3v) is 9.83. The first-order valence-electron chi connectivity index (χ1n) is 18.8. The molecule has 4 saturated heterocycles. The first kappa shape index (κ1) is 42.3. The van der Waals surface area contributed by atoms with Crippen LogP contribution in [0.15, 0.2) is 50.1 Å². The van der Waals surface area contributed by atoms with Crippen LogP contribution in [0.4, 0.5) is 0 Å². The number of hydrogen-bond donors (Lipinski definition) is 0. The molecule has 53 heavy (non-hydrogen) atoms. The van der Waals surface area contributed by atoms with Gasteiger partial charge in [-0.15, -0.1) is 0 Å². The highest BCUT2D eigenvalue weighted by Gasteiger charge is 2.46. The van der Waals surface area contributed by atoms with Gasteiger partial charge in [-0.2, -0.15) is 0 Å². The van der Waals surface area contributed by atoms with Crippen LogP contribution < -0.4 is 0 Å². The third-order valence-electron chi connectivity index (χ3n) is 9.83. The molecule has 4 heterocycles. The standard InChI is InChI=1S/C11H14O3.C10H16O4.C10H14O3.C9H12O3/c1-2-8(12)9(13)5-7-3-4-10-11(6-7)14-10;1-2-10(11)13-6-4-3-5-12-7-9-8-14-9;1-6(2)10(11)12-7-3-4-8-9(5-7)13-8;1-2-9(10)11-6-3-4-7-8(5-6)12-7/h2,7,10-11H,1,3-6H2;2,9H,1,3-8H2;7-9H,1,3-5H2,2H3;2,6-8H,1,3-5H2. The molecule has 0 aromatic rings. The molecule has 4 aliphatic heterocycles. The van der Waals surface area contributed by atoms with Crippen molar-refractivity contribution in [2.24, 2.45) is 5.92 Å². The van der Waals surface area contributed by atoms with Crippen LogP contribution in [0.25, 0.3) is 0 Å². The molecule has 10 unspecified atom stereocenters. The topological polar surface area (TPSA) is 172 Å². The van der Waals surface area contributed by atoms with Gasteiger partial charge in [-0.05, 0) is 76.7 Å². The summed E-state index contributed by atoms with van der Waals surface area (Å²) in [5.74, 6) is -1.37. The lowest BCUT2D eigenvalue weighted by atomic mass is 9.85. The van der Waals surface area contributed by atoms with Crippen LogP contribution in [-0.4, -0.2) is 111 Å². The average Bonchev–Trinajstić information content (AvgIpc) is 3.95. The maximum atomic E-state index is 11.3. The van der Waals surface area contributed by atoms with Gasteiger partial charge in [0.1, 0.15) is 18.3 Å². The second-order valence-electron chi connectivity index (χ2n) is 14.3. The highest BCUT2D eigenvalue weighted by molar-refractivity contribution is 6.41. The number of esters is 3. The lowest BCUT2D eigenvalue weighted by molar-refractivity contribution is -0.145. The minimum Gasteiger partial charge on any atom is -0.463 e. The molecule has 7 fully saturated rings. The molecule has 7 rings (SSSR count). The van der Waals surface area contributed by atoms with Crippen LogP contribution in [0.1, 0.15) is 84.0 Å². The van der Waals surface area contributed by atoms with E-state index < -0.39 is 5.78 Å². The number of rotatable bonds is 16. The van der Waals surface area contributed by atoms with Gasteiger partial charge in [0.05, 0.1) is 56.4 Å². The number of fused-ring (bicyclic) bond motifs is 3. The number of ether oxygens (including phenoxy) is 8. The van der Waals surface area contributed by atoms with Crippen molar-refractivity contribution in [3.05, 3.63) is 50.1 Å². The number of carbonyl (C=O) groups excluding carboxylic acids is 5. The van der Waals surface area contributed by atoms with E-state index in [1.807, 2.05) is 0 Å². The van der Waals surface area contributed by atoms with E-state index in [0.717, 1.165) is 83.3 Å². The van der Waals surface area contributed by atoms with Crippen molar-refractivity contribution in [1.29, 1.82) is 0 Å². The number of carbonyl (C=O) groups is 5. The zero-order valence-electron chi connectivity index (χ0n) is 31.0. The summed E-state index contributed by atoms with van der Waals surface area (Å²) in [7, 11) is 0. The Hall–Kier alpha value is -3.49. The number of hydrogen-bond acceptors (Lipinski definition) is 13. The molecule has 10 atom stereocenters. The Labute approximate surface area is 312 Å². The summed E-state index contributed by atoms with van der Waals surface area (Å²) in [5.41, 5.74) is 0.471. The lowest BCUT2D eigenvalue weighted by Crippen LogP contribution is -2.24. The van der Waals surface area contributed by atoms with Gasteiger partial charge in [0.15, 0.2) is 0 Å². The van der Waals surface area contributed by atoms with E-state index in [4.69, 9.17) is 37.9 Å². The summed E-state index contributed by atoms with van der Waals surface area (Å²) < 4.78 is 41.4. The molecule has 294 valence electrons. The molecule has 0 N–H and O–H groups in total. The van der Waals surface area contributed by atoms with Gasteiger partial charge in [0.25, 0.3) is 0 Å². The highest BCUT2D eigenvalue weighted by Crippen LogP contribution is 2.41. The first-order chi connectivity index (χ1) is 25.5. The van der Waals surface area contributed by atoms with Crippen molar-refractivity contribution < 1.29 is 61.9 Å². The molecule has 0 amide bonds. The number of unbranched alkanes of at least 4 members (excludes halogenated alkanes) is 1. The third kappa shape index (κ3) is 16.2. The van der Waals surface area contributed by atoms with Gasteiger partial charge in [0, 0.05) is 43.6 Å². The summed E-state index contributed by atoms with van der Waals surface area (Å²) in [6.45, 7) is 17.8. The fourth-order valence-electron chi connectivity index (χ4n) is 6.48. The maximum absolute atomic E-state index is 11.3. The largest absolute Gasteiger partial charge is 0.463 e. The van der Waals surface area contributed by atoms with Gasteiger partial charge >= 0.3 is 17.9 Å². The van der Waals surface area contributed by atoms with Crippen LogP contribution >= 0.6 is 0 Å². The molecular formula is C40H56O13. The average molecular weight is 745 g/mol. The van der Waals surface area contributed by atoms with E-state index in [1.165, 1.54) is 12.2 Å². The molecule has 0 radical (unpaired) electrons. The predicted molar refractivity (Wildman–Crippen MR) is 192 cm³/mol. The summed E-state index contributed by atoms with van der Waals surface area (Å²) in [5, 5.41) is 0. The number of allylic oxidation sites excluding steroid dienone is 1. The quantitative estimate of drug-likeness (QED) is 0.0535. The van der Waals surface area contributed by atoms with Crippen LogP contribution in [0, 0.1) is 5.92 Å². The van der Waals surface area contributed by atoms with E-state index >= 15 is 0 Å². The molecule has 13 heteroatoms. The number of Topliss-reactive ketones (excluding diaryl/α,β-unsaturated/α-hetero) is 1. The summed E-state index contributed by atoms with van der Waals surface area (Å²) >= 11 is 0. The van der Waals surface area contributed by atoms with E-state index in [1.54, 1.807) is 6.92 Å². The fraction of sp³-hybridized carbons (Fsp3) is 0.675. The second-order valence-corrected chi connectivity index (χ2v) is 14.3. The molecule has 13 nitrogen and oxygen atoms in total. The van der Waals surface area contributed by atoms with Crippen molar-refractivity contribution in [2.45, 2.75) is 139 Å². The van der Waals surface area contributed by atoms with E-state index in [2.05, 4.69) is 26.3 Å². The number of ketones is 2. The Morgan fingerprint density at radius 3 is 1.74 bits per heavy atom. The smallest absolute Gasteiger partial charge is 0.333 e. The van der Waals surface area contributed by atoms with Crippen molar-refractivity contribution in [3.63, 3.8) is 0 Å². The Kier molecular flexibility index (Phi) is 17.1. The van der Waals surface area contributed by atoms with Crippen molar-refractivity contribution in [1.82, 2.24) is 0 Å². The van der Waals surface area contributed by atoms with Crippen molar-refractivity contribution in [3.8, 4) is 0 Å². The van der Waals surface area contributed by atoms with Crippen LogP contribution in [0.2, 0.25) is 0 Å². The summed E-state index contributed by atoms with van der Waals surface area (Å²) in [6.07, 6.45) is 17.1. The Bertz CT molecular complexity index is 1320. The number of epoxide rings is 4. The van der Waals surface area contributed by atoms with Gasteiger partial charge in [-0.3, -0.25) is 9.59 Å². The minimum atomic E-state index is -0.455. The molecule has 0 aromatic heterocycles. The summed E-state index contributed by atoms with van der Waals surface area (Å²) in [4.78, 5) is 54.9. The fourth-order valence-corrected chi connectivity index (χ4v) is 6.48. The van der Waals surface area contributed by atoms with Gasteiger partial charge < -0.3 is 37.9 Å². The maximum Gasteiger partial charge on any atom is 0.333 e. The van der Waals surface area contributed by atoms with Gasteiger partial charge in [-0.25, -0.2) is 14.4 Å². The summed E-state index contributed by atoms with van der Waals surface area (Å²) in [6, 6.07) is 0. The van der Waals surface area contributed by atoms with Crippen LogP contribution in [-0.2, 0) is 61.9 Å². The zero-order valence-corrected chi connectivity index (χ0v) is 31.0. The molecule has 0 bridgehead atoms. The molecule has 3 aliphatic carbocycles. The van der Waals surface area contributed by atoms with E-state index in [9.17, 15) is 24.0 Å². The highest BCUT2D eigenvalue weighted by atomic mass is 16.6. The van der Waals surface area contributed by atoms with Crippen molar-refractivity contribution in [2.75, 3.05) is 26.4 Å². The van der Waals surface area contributed by atoms with Gasteiger partial charge in [0.2, 0.25) is 11.6 Å². The Morgan fingerprint density at radius 2 is 1.23 bits per heavy atom. The van der Waals surface area contributed by atoms with Gasteiger partial charge in [-0.1, -0.05) is 26.3 Å². The second kappa shape index (κ2) is 21.4. The normalized spacial score (nSPS) is 31.6. The SMILES string of the molecule is C=C(C)C(=O)OC1CCC2OC2C1.C=CC(=O)C(=O)CC1CCC2OC2C1.C=CC(=O)OC1CCC2OC2C1.C=CC(=O)OCCCCOCC1CO1. The van der Waals surface area contributed by atoms with Crippen molar-refractivity contribution >= 4 is 29.5 Å². The molecule has 0 spiro atoms. The van der Waals surface area contributed by atoms with E-state index in [-0.39, 0.29) is 35.9 Å². The first-order valence-corrected chi connectivity index (χ1v) is 18.8. The Balaban J connectivity index is 0.000000158.